The first-order chi connectivity index (χ1) is 10.2. The lowest BCUT2D eigenvalue weighted by Crippen LogP contribution is -2.44. The van der Waals surface area contributed by atoms with E-state index in [4.69, 9.17) is 4.52 Å². The van der Waals surface area contributed by atoms with Gasteiger partial charge in [0.25, 0.3) is 5.89 Å². The van der Waals surface area contributed by atoms with Gasteiger partial charge in [0.15, 0.2) is 5.82 Å². The molecular formula is C14H22N6O. The molecule has 0 amide bonds. The number of piperazine rings is 1. The van der Waals surface area contributed by atoms with E-state index in [1.54, 1.807) is 4.68 Å². The quantitative estimate of drug-likeness (QED) is 0.905. The van der Waals surface area contributed by atoms with Crippen LogP contribution in [-0.4, -0.2) is 51.0 Å². The second-order valence-electron chi connectivity index (χ2n) is 5.44. The maximum atomic E-state index is 5.46. The van der Waals surface area contributed by atoms with Gasteiger partial charge in [0.05, 0.1) is 17.3 Å². The van der Waals surface area contributed by atoms with Crippen molar-refractivity contribution in [2.75, 3.05) is 26.2 Å². The summed E-state index contributed by atoms with van der Waals surface area (Å²) in [6, 6.07) is 0.173. The Bertz CT molecular complexity index is 598. The van der Waals surface area contributed by atoms with Crippen molar-refractivity contribution in [3.63, 3.8) is 0 Å². The van der Waals surface area contributed by atoms with Crippen LogP contribution in [0.5, 0.6) is 0 Å². The molecule has 0 bridgehead atoms. The summed E-state index contributed by atoms with van der Waals surface area (Å²) in [4.78, 5) is 6.95. The number of nitrogens with one attached hydrogen (secondary N) is 1. The summed E-state index contributed by atoms with van der Waals surface area (Å²) < 4.78 is 7.25. The van der Waals surface area contributed by atoms with Gasteiger partial charge in [-0.05, 0) is 13.3 Å². The molecule has 114 valence electrons. The Morgan fingerprint density at radius 1 is 1.38 bits per heavy atom. The van der Waals surface area contributed by atoms with Crippen molar-refractivity contribution >= 4 is 0 Å². The van der Waals surface area contributed by atoms with E-state index in [1.165, 1.54) is 0 Å². The summed E-state index contributed by atoms with van der Waals surface area (Å²) in [5, 5.41) is 11.9. The highest BCUT2D eigenvalue weighted by Crippen LogP contribution is 2.24. The second-order valence-corrected chi connectivity index (χ2v) is 5.44. The minimum absolute atomic E-state index is 0.173. The van der Waals surface area contributed by atoms with Crippen LogP contribution in [0.3, 0.4) is 0 Å². The minimum atomic E-state index is 0.173. The molecule has 2 aromatic rings. The normalized spacial score (nSPS) is 18.0. The SMILES string of the molecule is CCc1nn(C)cc1-c1nc(C(C)N2CCNCC2)no1. The highest BCUT2D eigenvalue weighted by Gasteiger charge is 2.23. The van der Waals surface area contributed by atoms with E-state index < -0.39 is 0 Å². The molecular weight excluding hydrogens is 268 g/mol. The van der Waals surface area contributed by atoms with Crippen LogP contribution in [0.25, 0.3) is 11.5 Å². The summed E-state index contributed by atoms with van der Waals surface area (Å²) in [6.07, 6.45) is 2.78. The smallest absolute Gasteiger partial charge is 0.261 e. The molecule has 1 fully saturated rings. The molecule has 1 aliphatic heterocycles. The summed E-state index contributed by atoms with van der Waals surface area (Å²) in [5.41, 5.74) is 1.92. The molecule has 0 aromatic carbocycles. The lowest BCUT2D eigenvalue weighted by atomic mass is 10.2. The van der Waals surface area contributed by atoms with Gasteiger partial charge in [-0.3, -0.25) is 9.58 Å². The van der Waals surface area contributed by atoms with Crippen LogP contribution in [0, 0.1) is 0 Å². The van der Waals surface area contributed by atoms with Gasteiger partial charge in [-0.1, -0.05) is 12.1 Å². The van der Waals surface area contributed by atoms with Crippen LogP contribution in [0.1, 0.15) is 31.4 Å². The largest absolute Gasteiger partial charge is 0.334 e. The number of aryl methyl sites for hydroxylation is 2. The van der Waals surface area contributed by atoms with Crippen LogP contribution in [0.4, 0.5) is 0 Å². The zero-order chi connectivity index (χ0) is 14.8. The van der Waals surface area contributed by atoms with Crippen LogP contribution in [0.2, 0.25) is 0 Å². The Hall–Kier alpha value is -1.73. The Morgan fingerprint density at radius 3 is 2.86 bits per heavy atom. The molecule has 3 rings (SSSR count). The van der Waals surface area contributed by atoms with Gasteiger partial charge in [0.1, 0.15) is 0 Å². The van der Waals surface area contributed by atoms with Crippen molar-refractivity contribution in [3.8, 4) is 11.5 Å². The fraction of sp³-hybridized carbons (Fsp3) is 0.643. The first-order valence-corrected chi connectivity index (χ1v) is 7.50. The predicted molar refractivity (Wildman–Crippen MR) is 78.7 cm³/mol. The number of rotatable bonds is 4. The maximum Gasteiger partial charge on any atom is 0.261 e. The van der Waals surface area contributed by atoms with Gasteiger partial charge in [0.2, 0.25) is 0 Å². The Morgan fingerprint density at radius 2 is 2.14 bits per heavy atom. The van der Waals surface area contributed by atoms with E-state index in [0.29, 0.717) is 5.89 Å². The molecule has 3 heterocycles. The first kappa shape index (κ1) is 14.2. The summed E-state index contributed by atoms with van der Waals surface area (Å²) in [5.74, 6) is 1.31. The zero-order valence-electron chi connectivity index (χ0n) is 12.8. The molecule has 0 saturated carbocycles. The number of hydrogen-bond donors (Lipinski definition) is 1. The van der Waals surface area contributed by atoms with Crippen molar-refractivity contribution in [2.24, 2.45) is 7.05 Å². The van der Waals surface area contributed by atoms with E-state index in [9.17, 15) is 0 Å². The molecule has 0 spiro atoms. The molecule has 1 atom stereocenters. The molecule has 1 aliphatic rings. The van der Waals surface area contributed by atoms with Gasteiger partial charge in [-0.15, -0.1) is 0 Å². The third-order valence-electron chi connectivity index (χ3n) is 3.99. The van der Waals surface area contributed by atoms with E-state index in [-0.39, 0.29) is 6.04 Å². The summed E-state index contributed by atoms with van der Waals surface area (Å²) in [7, 11) is 1.91. The van der Waals surface area contributed by atoms with E-state index in [1.807, 2.05) is 13.2 Å². The van der Waals surface area contributed by atoms with Gasteiger partial charge in [-0.2, -0.15) is 10.1 Å². The molecule has 1 saturated heterocycles. The van der Waals surface area contributed by atoms with Crippen molar-refractivity contribution in [1.82, 2.24) is 30.1 Å². The highest BCUT2D eigenvalue weighted by molar-refractivity contribution is 5.55. The Balaban J connectivity index is 1.82. The summed E-state index contributed by atoms with van der Waals surface area (Å²) >= 11 is 0. The average Bonchev–Trinajstić information content (AvgIpc) is 3.13. The number of hydrogen-bond acceptors (Lipinski definition) is 6. The van der Waals surface area contributed by atoms with E-state index >= 15 is 0 Å². The third-order valence-corrected chi connectivity index (χ3v) is 3.99. The minimum Gasteiger partial charge on any atom is -0.334 e. The van der Waals surface area contributed by atoms with Crippen molar-refractivity contribution in [2.45, 2.75) is 26.3 Å². The van der Waals surface area contributed by atoms with Gasteiger partial charge >= 0.3 is 0 Å². The van der Waals surface area contributed by atoms with Gasteiger partial charge in [-0.25, -0.2) is 0 Å². The van der Waals surface area contributed by atoms with Crippen molar-refractivity contribution in [1.29, 1.82) is 0 Å². The van der Waals surface area contributed by atoms with Crippen molar-refractivity contribution < 1.29 is 4.52 Å². The second kappa shape index (κ2) is 5.95. The lowest BCUT2D eigenvalue weighted by Gasteiger charge is -2.30. The van der Waals surface area contributed by atoms with Crippen LogP contribution >= 0.6 is 0 Å². The predicted octanol–water partition coefficient (Wildman–Crippen LogP) is 0.999. The van der Waals surface area contributed by atoms with E-state index in [0.717, 1.165) is 49.7 Å². The third kappa shape index (κ3) is 2.84. The summed E-state index contributed by atoms with van der Waals surface area (Å²) in [6.45, 7) is 8.25. The van der Waals surface area contributed by atoms with Crippen LogP contribution in [0.15, 0.2) is 10.7 Å². The monoisotopic (exact) mass is 290 g/mol. The maximum absolute atomic E-state index is 5.46. The number of aromatic nitrogens is 4. The number of nitrogens with zero attached hydrogens (tertiary/aromatic N) is 5. The van der Waals surface area contributed by atoms with E-state index in [2.05, 4.69) is 39.3 Å². The molecule has 1 unspecified atom stereocenters. The highest BCUT2D eigenvalue weighted by atomic mass is 16.5. The van der Waals surface area contributed by atoms with Gasteiger partial charge in [0, 0.05) is 39.4 Å². The fourth-order valence-electron chi connectivity index (χ4n) is 2.72. The molecule has 7 heteroatoms. The lowest BCUT2D eigenvalue weighted by molar-refractivity contribution is 0.176. The van der Waals surface area contributed by atoms with Gasteiger partial charge < -0.3 is 9.84 Å². The average molecular weight is 290 g/mol. The van der Waals surface area contributed by atoms with Crippen LogP contribution < -0.4 is 5.32 Å². The Labute approximate surface area is 124 Å². The first-order valence-electron chi connectivity index (χ1n) is 7.50. The Kier molecular flexibility index (Phi) is 4.03. The molecule has 0 aliphatic carbocycles. The molecule has 7 nitrogen and oxygen atoms in total. The molecule has 21 heavy (non-hydrogen) atoms. The molecule has 0 radical (unpaired) electrons. The molecule has 1 N–H and O–H groups in total. The standard InChI is InChI=1S/C14H22N6O/c1-4-12-11(9-19(3)17-12)14-16-13(18-21-14)10(2)20-7-5-15-6-8-20/h9-10,15H,4-8H2,1-3H3. The fourth-order valence-corrected chi connectivity index (χ4v) is 2.72. The van der Waals surface area contributed by atoms with Crippen LogP contribution in [-0.2, 0) is 13.5 Å². The molecule has 2 aromatic heterocycles. The topological polar surface area (TPSA) is 72.0 Å². The zero-order valence-corrected chi connectivity index (χ0v) is 12.8. The van der Waals surface area contributed by atoms with Crippen molar-refractivity contribution in [3.05, 3.63) is 17.7 Å².